The summed E-state index contributed by atoms with van der Waals surface area (Å²) in [5, 5.41) is 17.7. The molecule has 0 aromatic rings. The summed E-state index contributed by atoms with van der Waals surface area (Å²) >= 11 is 0. The van der Waals surface area contributed by atoms with Gasteiger partial charge in [0.05, 0.1) is 17.1 Å². The fraction of sp³-hybridized carbons (Fsp3) is 0.833. The highest BCUT2D eigenvalue weighted by atomic mass is 32.2. The molecule has 20 heavy (non-hydrogen) atoms. The molecule has 1 heterocycles. The second kappa shape index (κ2) is 5.69. The van der Waals surface area contributed by atoms with Crippen LogP contribution in [0.2, 0.25) is 0 Å². The minimum Gasteiger partial charge on any atom is -0.481 e. The van der Waals surface area contributed by atoms with Gasteiger partial charge < -0.3 is 10.2 Å². The van der Waals surface area contributed by atoms with Gasteiger partial charge in [0.25, 0.3) is 0 Å². The molecule has 0 radical (unpaired) electrons. The van der Waals surface area contributed by atoms with E-state index in [1.165, 1.54) is 4.31 Å². The Balaban J connectivity index is 2.15. The Morgan fingerprint density at radius 3 is 2.00 bits per heavy atom. The maximum atomic E-state index is 12.4. The van der Waals surface area contributed by atoms with E-state index in [0.717, 1.165) is 12.8 Å². The number of hydrogen-bond acceptors (Lipinski definition) is 4. The summed E-state index contributed by atoms with van der Waals surface area (Å²) < 4.78 is 26.0. The smallest absolute Gasteiger partial charge is 0.308 e. The number of carboxylic acids is 2. The SMILES string of the molecule is O=C(O)C1CCN(S(=O)(=O)C2CCCC2)CC1C(=O)O. The molecule has 0 aromatic carbocycles. The van der Waals surface area contributed by atoms with Crippen molar-refractivity contribution < 1.29 is 28.2 Å². The highest BCUT2D eigenvalue weighted by Gasteiger charge is 2.44. The maximum absolute atomic E-state index is 12.4. The number of rotatable bonds is 4. The third kappa shape index (κ3) is 2.80. The quantitative estimate of drug-likeness (QED) is 0.776. The van der Waals surface area contributed by atoms with E-state index in [2.05, 4.69) is 0 Å². The first-order chi connectivity index (χ1) is 9.34. The Morgan fingerprint density at radius 2 is 1.50 bits per heavy atom. The normalized spacial score (nSPS) is 29.4. The topological polar surface area (TPSA) is 112 Å². The standard InChI is InChI=1S/C12H19NO6S/c14-11(15)9-5-6-13(7-10(9)12(16)17)20(18,19)8-3-1-2-4-8/h8-10H,1-7H2,(H,14,15)(H,16,17). The number of carboxylic acid groups (broad SMARTS) is 2. The first kappa shape index (κ1) is 15.2. The van der Waals surface area contributed by atoms with E-state index >= 15 is 0 Å². The Bertz CT molecular complexity index is 496. The van der Waals surface area contributed by atoms with Crippen LogP contribution in [0.15, 0.2) is 0 Å². The summed E-state index contributed by atoms with van der Waals surface area (Å²) in [4.78, 5) is 22.2. The molecule has 2 atom stereocenters. The molecule has 0 aromatic heterocycles. The molecule has 114 valence electrons. The number of aliphatic carboxylic acids is 2. The monoisotopic (exact) mass is 305 g/mol. The number of nitrogens with zero attached hydrogens (tertiary/aromatic N) is 1. The lowest BCUT2D eigenvalue weighted by Gasteiger charge is -2.35. The van der Waals surface area contributed by atoms with Crippen LogP contribution in [0.1, 0.15) is 32.1 Å². The summed E-state index contributed by atoms with van der Waals surface area (Å²) in [5.41, 5.74) is 0. The Hall–Kier alpha value is -1.15. The van der Waals surface area contributed by atoms with Gasteiger partial charge >= 0.3 is 11.9 Å². The van der Waals surface area contributed by atoms with Gasteiger partial charge in [0.2, 0.25) is 10.0 Å². The van der Waals surface area contributed by atoms with E-state index in [4.69, 9.17) is 10.2 Å². The van der Waals surface area contributed by atoms with E-state index in [1.807, 2.05) is 0 Å². The van der Waals surface area contributed by atoms with Gasteiger partial charge in [-0.25, -0.2) is 12.7 Å². The molecule has 7 nitrogen and oxygen atoms in total. The lowest BCUT2D eigenvalue weighted by Crippen LogP contribution is -2.50. The van der Waals surface area contributed by atoms with Crippen LogP contribution in [0, 0.1) is 11.8 Å². The van der Waals surface area contributed by atoms with Crippen LogP contribution in [-0.2, 0) is 19.6 Å². The highest BCUT2D eigenvalue weighted by molar-refractivity contribution is 7.89. The lowest BCUT2D eigenvalue weighted by molar-refractivity contribution is -0.156. The van der Waals surface area contributed by atoms with Gasteiger partial charge in [-0.2, -0.15) is 0 Å². The number of sulfonamides is 1. The molecule has 2 fully saturated rings. The molecular weight excluding hydrogens is 286 g/mol. The van der Waals surface area contributed by atoms with Crippen molar-refractivity contribution in [3.05, 3.63) is 0 Å². The van der Waals surface area contributed by atoms with Crippen molar-refractivity contribution in [1.82, 2.24) is 4.31 Å². The zero-order chi connectivity index (χ0) is 14.9. The van der Waals surface area contributed by atoms with Crippen molar-refractivity contribution in [2.24, 2.45) is 11.8 Å². The predicted octanol–water partition coefficient (Wildman–Crippen LogP) is 0.366. The molecular formula is C12H19NO6S. The summed E-state index contributed by atoms with van der Waals surface area (Å²) in [6.45, 7) is -0.134. The van der Waals surface area contributed by atoms with Gasteiger partial charge in [-0.05, 0) is 19.3 Å². The number of carbonyl (C=O) groups is 2. The minimum atomic E-state index is -3.50. The van der Waals surface area contributed by atoms with Crippen LogP contribution in [0.3, 0.4) is 0 Å². The van der Waals surface area contributed by atoms with Gasteiger partial charge in [0.15, 0.2) is 0 Å². The predicted molar refractivity (Wildman–Crippen MR) is 69.6 cm³/mol. The van der Waals surface area contributed by atoms with Gasteiger partial charge in [0, 0.05) is 13.1 Å². The van der Waals surface area contributed by atoms with Gasteiger partial charge in [-0.3, -0.25) is 9.59 Å². The molecule has 0 spiro atoms. The van der Waals surface area contributed by atoms with Crippen LogP contribution in [0.5, 0.6) is 0 Å². The molecule has 2 aliphatic rings. The molecule has 1 aliphatic heterocycles. The van der Waals surface area contributed by atoms with Crippen molar-refractivity contribution in [2.75, 3.05) is 13.1 Å². The second-order valence-corrected chi connectivity index (χ2v) is 7.70. The number of hydrogen-bond donors (Lipinski definition) is 2. The molecule has 1 saturated carbocycles. The number of piperidine rings is 1. The van der Waals surface area contributed by atoms with Crippen LogP contribution in [0.4, 0.5) is 0 Å². The van der Waals surface area contributed by atoms with Crippen LogP contribution < -0.4 is 0 Å². The van der Waals surface area contributed by atoms with Crippen molar-refractivity contribution >= 4 is 22.0 Å². The fourth-order valence-electron chi connectivity index (χ4n) is 3.10. The van der Waals surface area contributed by atoms with Crippen LogP contribution in [0.25, 0.3) is 0 Å². The van der Waals surface area contributed by atoms with E-state index in [0.29, 0.717) is 12.8 Å². The first-order valence-electron chi connectivity index (χ1n) is 6.78. The highest BCUT2D eigenvalue weighted by Crippen LogP contribution is 2.32. The average molecular weight is 305 g/mol. The second-order valence-electron chi connectivity index (χ2n) is 5.49. The Labute approximate surface area is 117 Å². The van der Waals surface area contributed by atoms with Crippen molar-refractivity contribution in [3.63, 3.8) is 0 Å². The zero-order valence-corrected chi connectivity index (χ0v) is 11.9. The zero-order valence-electron chi connectivity index (χ0n) is 11.1. The minimum absolute atomic E-state index is 0.0538. The van der Waals surface area contributed by atoms with Crippen LogP contribution in [-0.4, -0.2) is 53.2 Å². The molecule has 0 amide bonds. The van der Waals surface area contributed by atoms with Crippen molar-refractivity contribution in [1.29, 1.82) is 0 Å². The first-order valence-corrected chi connectivity index (χ1v) is 8.29. The van der Waals surface area contributed by atoms with E-state index in [9.17, 15) is 18.0 Å². The maximum Gasteiger partial charge on any atom is 0.308 e. The molecule has 2 N–H and O–H groups in total. The summed E-state index contributed by atoms with van der Waals surface area (Å²) in [6.07, 6.45) is 3.02. The Kier molecular flexibility index (Phi) is 4.33. The van der Waals surface area contributed by atoms with Gasteiger partial charge in [-0.15, -0.1) is 0 Å². The summed E-state index contributed by atoms with van der Waals surface area (Å²) in [6, 6.07) is 0. The van der Waals surface area contributed by atoms with E-state index in [-0.39, 0.29) is 19.5 Å². The third-order valence-electron chi connectivity index (χ3n) is 4.29. The molecule has 0 bridgehead atoms. The average Bonchev–Trinajstić information content (AvgIpc) is 2.92. The molecule has 8 heteroatoms. The molecule has 1 aliphatic carbocycles. The largest absolute Gasteiger partial charge is 0.481 e. The molecule has 2 unspecified atom stereocenters. The Morgan fingerprint density at radius 1 is 0.950 bits per heavy atom. The third-order valence-corrected chi connectivity index (χ3v) is 6.66. The summed E-state index contributed by atoms with van der Waals surface area (Å²) in [5.74, 6) is -4.60. The van der Waals surface area contributed by atoms with Crippen LogP contribution >= 0.6 is 0 Å². The fourth-order valence-corrected chi connectivity index (χ4v) is 5.18. The molecule has 2 rings (SSSR count). The van der Waals surface area contributed by atoms with E-state index in [1.54, 1.807) is 0 Å². The van der Waals surface area contributed by atoms with E-state index < -0.39 is 39.0 Å². The lowest BCUT2D eigenvalue weighted by atomic mass is 9.86. The van der Waals surface area contributed by atoms with Gasteiger partial charge in [0.1, 0.15) is 0 Å². The summed E-state index contributed by atoms with van der Waals surface area (Å²) in [7, 11) is -3.50. The van der Waals surface area contributed by atoms with Gasteiger partial charge in [-0.1, -0.05) is 12.8 Å². The van der Waals surface area contributed by atoms with Crippen molar-refractivity contribution in [3.8, 4) is 0 Å². The molecule has 1 saturated heterocycles. The van der Waals surface area contributed by atoms with Crippen molar-refractivity contribution in [2.45, 2.75) is 37.4 Å².